The highest BCUT2D eigenvalue weighted by molar-refractivity contribution is 9.10. The molecule has 0 saturated carbocycles. The van der Waals surface area contributed by atoms with E-state index in [4.69, 9.17) is 17.0 Å². The van der Waals surface area contributed by atoms with E-state index in [1.807, 2.05) is 12.1 Å². The predicted octanol–water partition coefficient (Wildman–Crippen LogP) is 2.71. The first-order valence-electron chi connectivity index (χ1n) is 5.81. The number of rotatable bonds is 3. The number of nitrogens with one attached hydrogen (secondary N) is 1. The fraction of sp³-hybridized carbons (Fsp3) is 0.154. The maximum Gasteiger partial charge on any atom is 0.285 e. The summed E-state index contributed by atoms with van der Waals surface area (Å²) in [6, 6.07) is 5.46. The molecule has 1 aromatic rings. The summed E-state index contributed by atoms with van der Waals surface area (Å²) in [5, 5.41) is 1.08. The smallest absolute Gasteiger partial charge is 0.285 e. The summed E-state index contributed by atoms with van der Waals surface area (Å²) in [5.41, 5.74) is 3.22. The molecule has 1 N–H and O–H groups in total. The minimum Gasteiger partial charge on any atom is -0.496 e. The molecular formula is C13H11BrN2O3S2. The summed E-state index contributed by atoms with van der Waals surface area (Å²) >= 11 is 9.61. The van der Waals surface area contributed by atoms with Gasteiger partial charge in [0.25, 0.3) is 5.91 Å². The third kappa shape index (κ3) is 3.63. The van der Waals surface area contributed by atoms with E-state index in [1.165, 1.54) is 6.92 Å². The second kappa shape index (κ2) is 6.59. The van der Waals surface area contributed by atoms with Crippen molar-refractivity contribution < 1.29 is 14.3 Å². The van der Waals surface area contributed by atoms with Crippen LogP contribution in [0.2, 0.25) is 0 Å². The predicted molar refractivity (Wildman–Crippen MR) is 89.5 cm³/mol. The number of hydrazine groups is 1. The molecule has 0 spiro atoms. The van der Waals surface area contributed by atoms with Gasteiger partial charge in [-0.25, -0.2) is 0 Å². The summed E-state index contributed by atoms with van der Waals surface area (Å²) in [6.45, 7) is 1.32. The molecule has 1 aliphatic rings. The van der Waals surface area contributed by atoms with Crippen molar-refractivity contribution in [3.63, 3.8) is 0 Å². The van der Waals surface area contributed by atoms with Crippen molar-refractivity contribution in [2.75, 3.05) is 7.11 Å². The van der Waals surface area contributed by atoms with E-state index < -0.39 is 0 Å². The number of hydrogen-bond acceptors (Lipinski definition) is 5. The van der Waals surface area contributed by atoms with Crippen LogP contribution >= 0.6 is 39.9 Å². The van der Waals surface area contributed by atoms with Crippen molar-refractivity contribution in [1.82, 2.24) is 10.4 Å². The second-order valence-electron chi connectivity index (χ2n) is 4.08. The zero-order valence-electron chi connectivity index (χ0n) is 11.2. The molecule has 2 amide bonds. The van der Waals surface area contributed by atoms with Crippen LogP contribution in [-0.4, -0.2) is 28.3 Å². The number of benzene rings is 1. The van der Waals surface area contributed by atoms with Crippen molar-refractivity contribution in [2.45, 2.75) is 6.92 Å². The van der Waals surface area contributed by atoms with Crippen molar-refractivity contribution in [1.29, 1.82) is 0 Å². The van der Waals surface area contributed by atoms with Gasteiger partial charge in [0.05, 0.1) is 16.5 Å². The minimum atomic E-state index is -0.347. The molecule has 1 heterocycles. The van der Waals surface area contributed by atoms with Gasteiger partial charge in [-0.2, -0.15) is 5.01 Å². The van der Waals surface area contributed by atoms with Gasteiger partial charge in [-0.3, -0.25) is 15.0 Å². The lowest BCUT2D eigenvalue weighted by Crippen LogP contribution is -2.43. The number of hydrogen-bond donors (Lipinski definition) is 1. The Morgan fingerprint density at radius 2 is 2.24 bits per heavy atom. The summed E-state index contributed by atoms with van der Waals surface area (Å²) in [4.78, 5) is 23.7. The molecule has 0 bridgehead atoms. The number of nitrogens with zero attached hydrogens (tertiary/aromatic N) is 1. The Hall–Kier alpha value is -1.38. The lowest BCUT2D eigenvalue weighted by atomic mass is 10.2. The number of ether oxygens (including phenoxy) is 1. The lowest BCUT2D eigenvalue weighted by Gasteiger charge is -2.13. The van der Waals surface area contributed by atoms with Crippen LogP contribution in [0.3, 0.4) is 0 Å². The van der Waals surface area contributed by atoms with Crippen molar-refractivity contribution in [3.8, 4) is 5.75 Å². The topological polar surface area (TPSA) is 58.6 Å². The Bertz CT molecular complexity index is 661. The molecule has 0 atom stereocenters. The van der Waals surface area contributed by atoms with Gasteiger partial charge < -0.3 is 4.74 Å². The van der Waals surface area contributed by atoms with Crippen LogP contribution < -0.4 is 10.2 Å². The number of carbonyl (C=O) groups excluding carboxylic acids is 2. The van der Waals surface area contributed by atoms with E-state index in [0.717, 1.165) is 26.8 Å². The van der Waals surface area contributed by atoms with Gasteiger partial charge in [-0.05, 0) is 51.9 Å². The molecule has 0 unspecified atom stereocenters. The van der Waals surface area contributed by atoms with Crippen LogP contribution in [0.15, 0.2) is 27.6 Å². The van der Waals surface area contributed by atoms with E-state index in [2.05, 4.69) is 21.4 Å². The molecule has 110 valence electrons. The maximum absolute atomic E-state index is 12.2. The number of thiocarbonyl (C=S) groups is 1. The van der Waals surface area contributed by atoms with Gasteiger partial charge in [0.15, 0.2) is 4.32 Å². The highest BCUT2D eigenvalue weighted by Gasteiger charge is 2.32. The largest absolute Gasteiger partial charge is 0.496 e. The molecule has 2 rings (SSSR count). The van der Waals surface area contributed by atoms with Crippen LogP contribution in [0, 0.1) is 0 Å². The Morgan fingerprint density at radius 3 is 2.81 bits per heavy atom. The molecule has 1 aliphatic heterocycles. The Morgan fingerprint density at radius 1 is 1.52 bits per heavy atom. The molecule has 21 heavy (non-hydrogen) atoms. The number of halogens is 1. The number of amides is 2. The van der Waals surface area contributed by atoms with Gasteiger partial charge in [0.2, 0.25) is 5.91 Å². The van der Waals surface area contributed by atoms with E-state index in [0.29, 0.717) is 15.0 Å². The van der Waals surface area contributed by atoms with Gasteiger partial charge >= 0.3 is 0 Å². The van der Waals surface area contributed by atoms with Crippen LogP contribution in [-0.2, 0) is 9.59 Å². The average Bonchev–Trinajstić information content (AvgIpc) is 2.66. The molecule has 1 fully saturated rings. The van der Waals surface area contributed by atoms with Crippen LogP contribution in [0.5, 0.6) is 5.75 Å². The van der Waals surface area contributed by atoms with Crippen LogP contribution in [0.1, 0.15) is 12.5 Å². The van der Waals surface area contributed by atoms with Crippen LogP contribution in [0.4, 0.5) is 0 Å². The lowest BCUT2D eigenvalue weighted by molar-refractivity contribution is -0.131. The second-order valence-corrected chi connectivity index (χ2v) is 6.61. The first kappa shape index (κ1) is 16.0. The Balaban J connectivity index is 2.26. The van der Waals surface area contributed by atoms with E-state index in [-0.39, 0.29) is 11.8 Å². The summed E-state index contributed by atoms with van der Waals surface area (Å²) in [7, 11) is 1.58. The van der Waals surface area contributed by atoms with E-state index in [9.17, 15) is 9.59 Å². The number of carbonyl (C=O) groups is 2. The monoisotopic (exact) mass is 386 g/mol. The van der Waals surface area contributed by atoms with Gasteiger partial charge in [0, 0.05) is 6.92 Å². The fourth-order valence-electron chi connectivity index (χ4n) is 1.65. The van der Waals surface area contributed by atoms with Crippen molar-refractivity contribution in [2.24, 2.45) is 0 Å². The maximum atomic E-state index is 12.2. The normalized spacial score (nSPS) is 16.5. The third-order valence-corrected chi connectivity index (χ3v) is 4.46. The summed E-state index contributed by atoms with van der Waals surface area (Å²) in [6.07, 6.45) is 1.71. The highest BCUT2D eigenvalue weighted by atomic mass is 79.9. The zero-order chi connectivity index (χ0) is 15.6. The first-order valence-corrected chi connectivity index (χ1v) is 7.83. The molecule has 5 nitrogen and oxygen atoms in total. The van der Waals surface area contributed by atoms with Crippen molar-refractivity contribution >= 4 is 62.1 Å². The summed E-state index contributed by atoms with van der Waals surface area (Å²) in [5.74, 6) is 0.0184. The molecular weight excluding hydrogens is 376 g/mol. The third-order valence-electron chi connectivity index (χ3n) is 2.54. The SMILES string of the molecule is COc1ccc(/C=C2\SC(=S)N(NC(C)=O)C2=O)cc1Br. The number of methoxy groups -OCH3 is 1. The molecule has 0 aliphatic carbocycles. The van der Waals surface area contributed by atoms with Crippen molar-refractivity contribution in [3.05, 3.63) is 33.1 Å². The minimum absolute atomic E-state index is 0.300. The van der Waals surface area contributed by atoms with Gasteiger partial charge in [-0.1, -0.05) is 17.8 Å². The molecule has 8 heteroatoms. The molecule has 1 aromatic carbocycles. The Kier molecular flexibility index (Phi) is 5.02. The standard InChI is InChI=1S/C13H11BrN2O3S2/c1-7(17)15-16-12(18)11(21-13(16)20)6-8-3-4-10(19-2)9(14)5-8/h3-6H,1-2H3,(H,15,17)/b11-6-. The average molecular weight is 387 g/mol. The zero-order valence-corrected chi connectivity index (χ0v) is 14.4. The molecule has 0 radical (unpaired) electrons. The fourth-order valence-corrected chi connectivity index (χ4v) is 3.38. The van der Waals surface area contributed by atoms with Crippen LogP contribution in [0.25, 0.3) is 6.08 Å². The summed E-state index contributed by atoms with van der Waals surface area (Å²) < 4.78 is 6.24. The van der Waals surface area contributed by atoms with E-state index >= 15 is 0 Å². The molecule has 0 aromatic heterocycles. The quantitative estimate of drug-likeness (QED) is 0.639. The first-order chi connectivity index (χ1) is 9.92. The Labute approximate surface area is 139 Å². The van der Waals surface area contributed by atoms with Gasteiger partial charge in [-0.15, -0.1) is 0 Å². The van der Waals surface area contributed by atoms with E-state index in [1.54, 1.807) is 19.3 Å². The molecule has 1 saturated heterocycles. The highest BCUT2D eigenvalue weighted by Crippen LogP contribution is 2.33. The van der Waals surface area contributed by atoms with Gasteiger partial charge in [0.1, 0.15) is 5.75 Å². The number of thioether (sulfide) groups is 1.